The first-order valence-corrected chi connectivity index (χ1v) is 5.81. The summed E-state index contributed by atoms with van der Waals surface area (Å²) in [4.78, 5) is 0. The molecule has 0 rings (SSSR count). The van der Waals surface area contributed by atoms with Gasteiger partial charge < -0.3 is 2.85 Å². The van der Waals surface area contributed by atoms with Gasteiger partial charge in [0, 0.05) is 21.7 Å². The Labute approximate surface area is 91.5 Å². The van der Waals surface area contributed by atoms with Crippen LogP contribution in [0.25, 0.3) is 0 Å². The monoisotopic (exact) mass is 238 g/mol. The van der Waals surface area contributed by atoms with Crippen LogP contribution >= 0.6 is 8.92 Å². The SMILES string of the molecule is [Ca+2].[H-].[H-].[S]=[InH].[Ti]. The van der Waals surface area contributed by atoms with Crippen molar-refractivity contribution in [3.63, 3.8) is 0 Å². The van der Waals surface area contributed by atoms with Crippen molar-refractivity contribution >= 4 is 69.0 Å². The Hall–Kier alpha value is 3.06. The van der Waals surface area contributed by atoms with Gasteiger partial charge >= 0.3 is 69.0 Å². The summed E-state index contributed by atoms with van der Waals surface area (Å²) < 4.78 is 0. The van der Waals surface area contributed by atoms with Gasteiger partial charge in [0.1, 0.15) is 0 Å². The third-order valence-electron chi connectivity index (χ3n) is 0. The molecule has 0 fully saturated rings. The van der Waals surface area contributed by atoms with Crippen LogP contribution in [0.1, 0.15) is 2.85 Å². The van der Waals surface area contributed by atoms with E-state index in [0.29, 0.717) is 0 Å². The third-order valence-corrected chi connectivity index (χ3v) is 0. The molecule has 0 unspecified atom stereocenters. The third kappa shape index (κ3) is 8.91. The fourth-order valence-corrected chi connectivity index (χ4v) is 0. The summed E-state index contributed by atoms with van der Waals surface area (Å²) in [5.74, 6) is 0. The van der Waals surface area contributed by atoms with E-state index in [1.54, 1.807) is 0 Å². The van der Waals surface area contributed by atoms with Gasteiger partial charge in [0.2, 0.25) is 0 Å². The molecule has 0 amide bonds. The summed E-state index contributed by atoms with van der Waals surface area (Å²) >= 11 is 0.733. The van der Waals surface area contributed by atoms with Crippen LogP contribution in [-0.4, -0.2) is 60.1 Å². The van der Waals surface area contributed by atoms with E-state index in [2.05, 4.69) is 8.92 Å². The molecule has 0 aliphatic heterocycles. The van der Waals surface area contributed by atoms with Crippen molar-refractivity contribution in [3.05, 3.63) is 0 Å². The zero-order valence-corrected chi connectivity index (χ0v) is 10.9. The van der Waals surface area contributed by atoms with Gasteiger partial charge in [-0.2, -0.15) is 0 Å². The Morgan fingerprint density at radius 2 is 1.50 bits per heavy atom. The van der Waals surface area contributed by atoms with Crippen molar-refractivity contribution in [3.8, 4) is 0 Å². The van der Waals surface area contributed by atoms with Crippen molar-refractivity contribution in [2.75, 3.05) is 0 Å². The zero-order valence-electron chi connectivity index (χ0n) is 4.32. The molecule has 0 heterocycles. The average molecular weight is 238 g/mol. The summed E-state index contributed by atoms with van der Waals surface area (Å²) in [6, 6.07) is 0. The summed E-state index contributed by atoms with van der Waals surface area (Å²) in [6.07, 6.45) is 0. The van der Waals surface area contributed by atoms with Crippen molar-refractivity contribution in [2.45, 2.75) is 0 Å². The van der Waals surface area contributed by atoms with Crippen LogP contribution < -0.4 is 0 Å². The van der Waals surface area contributed by atoms with Crippen LogP contribution in [0.2, 0.25) is 0 Å². The molecule has 0 nitrogen and oxygen atoms in total. The van der Waals surface area contributed by atoms with Gasteiger partial charge in [-0.1, -0.05) is 0 Å². The maximum atomic E-state index is 4.25. The Morgan fingerprint density at radius 1 is 1.50 bits per heavy atom. The Balaban J connectivity index is -0.000000000833. The Kier molecular flexibility index (Phi) is 65.1. The number of hydrogen-bond donors (Lipinski definition) is 0. The molecule has 0 bridgehead atoms. The quantitative estimate of drug-likeness (QED) is 0.528. The van der Waals surface area contributed by atoms with E-state index >= 15 is 0 Å². The van der Waals surface area contributed by atoms with Gasteiger partial charge in [-0.05, 0) is 0 Å². The maximum absolute atomic E-state index is 4.25. The van der Waals surface area contributed by atoms with Gasteiger partial charge in [0.15, 0.2) is 0 Å². The minimum Gasteiger partial charge on any atom is 0 e. The minimum absolute atomic E-state index is 0. The van der Waals surface area contributed by atoms with E-state index in [4.69, 9.17) is 0 Å². The molecule has 0 saturated carbocycles. The number of hydrogen-bond acceptors (Lipinski definition) is 1. The van der Waals surface area contributed by atoms with Gasteiger partial charge in [0.05, 0.1) is 0 Å². The molecule has 18 valence electrons. The van der Waals surface area contributed by atoms with Crippen LogP contribution in [0.15, 0.2) is 0 Å². The molecular formula is H3CaInSTi. The first kappa shape index (κ1) is 15.7. The Morgan fingerprint density at radius 3 is 1.50 bits per heavy atom. The normalized spacial score (nSPS) is 0.750. The topological polar surface area (TPSA) is 0 Å². The van der Waals surface area contributed by atoms with Gasteiger partial charge in [-0.15, -0.1) is 0 Å². The van der Waals surface area contributed by atoms with Crippen LogP contribution in [-0.2, 0) is 21.7 Å². The van der Waals surface area contributed by atoms with Crippen LogP contribution in [0.4, 0.5) is 0 Å². The second-order valence-corrected chi connectivity index (χ2v) is 0. The number of rotatable bonds is 0. The predicted molar refractivity (Wildman–Crippen MR) is 22.7 cm³/mol. The van der Waals surface area contributed by atoms with E-state index in [9.17, 15) is 0 Å². The summed E-state index contributed by atoms with van der Waals surface area (Å²) in [6.45, 7) is 0. The average Bonchev–Trinajstić information content (AvgIpc) is 1.00. The molecule has 0 aromatic carbocycles. The summed E-state index contributed by atoms with van der Waals surface area (Å²) in [5, 5.41) is 0. The molecule has 0 N–H and O–H groups in total. The van der Waals surface area contributed by atoms with Gasteiger partial charge in [0.25, 0.3) is 0 Å². The molecular weight excluding hydrogens is 235 g/mol. The van der Waals surface area contributed by atoms with E-state index in [-0.39, 0.29) is 62.3 Å². The van der Waals surface area contributed by atoms with E-state index in [1.165, 1.54) is 0 Å². The van der Waals surface area contributed by atoms with Crippen molar-refractivity contribution in [1.29, 1.82) is 0 Å². The van der Waals surface area contributed by atoms with Crippen molar-refractivity contribution in [2.24, 2.45) is 0 Å². The Bertz CT molecular complexity index is 13.5. The van der Waals surface area contributed by atoms with E-state index in [1.807, 2.05) is 0 Å². The van der Waals surface area contributed by atoms with E-state index < -0.39 is 0 Å². The smallest absolute Gasteiger partial charge is 0 e. The fourth-order valence-electron chi connectivity index (χ4n) is 0. The minimum atomic E-state index is 0. The van der Waals surface area contributed by atoms with Crippen LogP contribution in [0, 0.1) is 0 Å². The molecule has 0 aliphatic carbocycles. The largest absolute Gasteiger partial charge is 0 e. The second-order valence-electron chi connectivity index (χ2n) is 0. The molecule has 0 aliphatic rings. The maximum Gasteiger partial charge on any atom is 0 e. The van der Waals surface area contributed by atoms with Gasteiger partial charge in [-0.3, -0.25) is 0 Å². The van der Waals surface area contributed by atoms with Crippen LogP contribution in [0.3, 0.4) is 0 Å². The predicted octanol–water partition coefficient (Wildman–Crippen LogP) is -0.159. The molecule has 4 heavy (non-hydrogen) atoms. The molecule has 4 heteroatoms. The van der Waals surface area contributed by atoms with Crippen LogP contribution in [0.5, 0.6) is 0 Å². The van der Waals surface area contributed by atoms with Crippen molar-refractivity contribution in [1.82, 2.24) is 0 Å². The summed E-state index contributed by atoms with van der Waals surface area (Å²) in [7, 11) is 4.25. The molecule has 0 radical (unpaired) electrons. The van der Waals surface area contributed by atoms with E-state index in [0.717, 1.165) is 22.4 Å². The fraction of sp³-hybridized carbons (Fsp3) is 0. The molecule has 0 saturated heterocycles. The van der Waals surface area contributed by atoms with Crippen molar-refractivity contribution < 1.29 is 24.6 Å². The standard InChI is InChI=1S/Ca.In.S.Ti.3H/q+2;;;;;2*-1. The molecule has 0 aromatic rings. The molecule has 0 spiro atoms. The molecule has 0 aromatic heterocycles. The zero-order chi connectivity index (χ0) is 2.00. The first-order valence-electron chi connectivity index (χ1n) is 0.289. The van der Waals surface area contributed by atoms with Gasteiger partial charge in [-0.25, -0.2) is 0 Å². The second kappa shape index (κ2) is 16.6. The molecule has 0 atom stereocenters. The summed E-state index contributed by atoms with van der Waals surface area (Å²) in [5.41, 5.74) is 0. The first-order chi connectivity index (χ1) is 1.00.